The third-order valence-electron chi connectivity index (χ3n) is 4.03. The molecule has 0 saturated heterocycles. The summed E-state index contributed by atoms with van der Waals surface area (Å²) in [5.41, 5.74) is 2.64. The van der Waals surface area contributed by atoms with Gasteiger partial charge in [0.05, 0.1) is 0 Å². The van der Waals surface area contributed by atoms with Gasteiger partial charge in [0, 0.05) is 34.5 Å². The smallest absolute Gasteiger partial charge is 0.150 e. The first kappa shape index (κ1) is 12.7. The summed E-state index contributed by atoms with van der Waals surface area (Å²) < 4.78 is 0. The molecule has 0 saturated carbocycles. The van der Waals surface area contributed by atoms with Crippen LogP contribution in [0.25, 0.3) is 32.7 Å². The number of hydrogen-bond acceptors (Lipinski definition) is 2. The monoisotopic (exact) mass is 283 g/mol. The molecule has 22 heavy (non-hydrogen) atoms. The van der Waals surface area contributed by atoms with Gasteiger partial charge in [0.1, 0.15) is 0 Å². The molecule has 0 aliphatic carbocycles. The Morgan fingerprint density at radius 1 is 0.727 bits per heavy atom. The lowest BCUT2D eigenvalue weighted by atomic mass is 9.92. The molecule has 0 bridgehead atoms. The number of nitrogens with zero attached hydrogens (tertiary/aromatic N) is 1. The van der Waals surface area contributed by atoms with Gasteiger partial charge in [-0.05, 0) is 16.2 Å². The summed E-state index contributed by atoms with van der Waals surface area (Å²) in [7, 11) is 0. The van der Waals surface area contributed by atoms with Crippen LogP contribution in [0.5, 0.6) is 0 Å². The number of fused-ring (bicyclic) bond motifs is 2. The quantitative estimate of drug-likeness (QED) is 0.491. The second kappa shape index (κ2) is 5.08. The number of carbonyl (C=O) groups excluding carboxylic acids is 1. The second-order valence-electron chi connectivity index (χ2n) is 5.28. The summed E-state index contributed by atoms with van der Waals surface area (Å²) in [6.45, 7) is 0. The molecule has 0 amide bonds. The molecule has 0 spiro atoms. The van der Waals surface area contributed by atoms with Gasteiger partial charge in [-0.3, -0.25) is 9.78 Å². The Kier molecular flexibility index (Phi) is 2.94. The van der Waals surface area contributed by atoms with Crippen molar-refractivity contribution < 1.29 is 4.79 Å². The zero-order chi connectivity index (χ0) is 14.9. The Labute approximate surface area is 128 Å². The van der Waals surface area contributed by atoms with E-state index in [1.54, 1.807) is 0 Å². The third-order valence-corrected chi connectivity index (χ3v) is 4.03. The van der Waals surface area contributed by atoms with E-state index in [9.17, 15) is 4.79 Å². The molecular weight excluding hydrogens is 270 g/mol. The van der Waals surface area contributed by atoms with Gasteiger partial charge < -0.3 is 0 Å². The van der Waals surface area contributed by atoms with E-state index in [0.717, 1.165) is 39.0 Å². The van der Waals surface area contributed by atoms with Crippen LogP contribution in [0.15, 0.2) is 73.1 Å². The minimum atomic E-state index is 0.692. The van der Waals surface area contributed by atoms with Crippen molar-refractivity contribution in [2.24, 2.45) is 0 Å². The standard InChI is InChI=1S/C20H13NO/c22-13-16-10-9-14-5-1-4-8-18(14)20(16)19-12-21-11-15-6-2-3-7-17(15)19/h1-13H. The van der Waals surface area contributed by atoms with E-state index < -0.39 is 0 Å². The van der Waals surface area contributed by atoms with Crippen LogP contribution in [-0.4, -0.2) is 11.3 Å². The largest absolute Gasteiger partial charge is 0.298 e. The lowest BCUT2D eigenvalue weighted by Crippen LogP contribution is -1.92. The van der Waals surface area contributed by atoms with Gasteiger partial charge in [-0.15, -0.1) is 0 Å². The number of aromatic nitrogens is 1. The van der Waals surface area contributed by atoms with Crippen molar-refractivity contribution in [1.29, 1.82) is 0 Å². The Morgan fingerprint density at radius 3 is 2.27 bits per heavy atom. The van der Waals surface area contributed by atoms with E-state index in [0.29, 0.717) is 5.56 Å². The Morgan fingerprint density at radius 2 is 1.45 bits per heavy atom. The van der Waals surface area contributed by atoms with E-state index in [1.165, 1.54) is 0 Å². The zero-order valence-electron chi connectivity index (χ0n) is 11.9. The summed E-state index contributed by atoms with van der Waals surface area (Å²) in [5, 5.41) is 4.38. The highest BCUT2D eigenvalue weighted by molar-refractivity contribution is 6.10. The fourth-order valence-corrected chi connectivity index (χ4v) is 3.00. The van der Waals surface area contributed by atoms with Crippen LogP contribution >= 0.6 is 0 Å². The van der Waals surface area contributed by atoms with Crippen LogP contribution in [0.4, 0.5) is 0 Å². The molecular formula is C20H13NO. The minimum Gasteiger partial charge on any atom is -0.298 e. The van der Waals surface area contributed by atoms with Gasteiger partial charge in [0.15, 0.2) is 6.29 Å². The van der Waals surface area contributed by atoms with Crippen molar-refractivity contribution in [3.63, 3.8) is 0 Å². The molecule has 3 aromatic carbocycles. The van der Waals surface area contributed by atoms with Gasteiger partial charge in [-0.1, -0.05) is 60.7 Å². The normalized spacial score (nSPS) is 10.9. The SMILES string of the molecule is O=Cc1ccc2ccccc2c1-c1cncc2ccccc12. The first-order valence-electron chi connectivity index (χ1n) is 7.18. The van der Waals surface area contributed by atoms with Gasteiger partial charge >= 0.3 is 0 Å². The van der Waals surface area contributed by atoms with Gasteiger partial charge in [0.25, 0.3) is 0 Å². The molecule has 2 nitrogen and oxygen atoms in total. The maximum Gasteiger partial charge on any atom is 0.150 e. The Bertz CT molecular complexity index is 999. The van der Waals surface area contributed by atoms with Crippen LogP contribution in [-0.2, 0) is 0 Å². The molecule has 0 aliphatic heterocycles. The summed E-state index contributed by atoms with van der Waals surface area (Å²) >= 11 is 0. The van der Waals surface area contributed by atoms with Crippen LogP contribution in [0.2, 0.25) is 0 Å². The maximum atomic E-state index is 11.6. The maximum absolute atomic E-state index is 11.6. The molecule has 2 heteroatoms. The van der Waals surface area contributed by atoms with E-state index in [1.807, 2.05) is 54.9 Å². The molecule has 0 unspecified atom stereocenters. The zero-order valence-corrected chi connectivity index (χ0v) is 11.9. The van der Waals surface area contributed by atoms with E-state index >= 15 is 0 Å². The van der Waals surface area contributed by atoms with Gasteiger partial charge in [-0.25, -0.2) is 0 Å². The van der Waals surface area contributed by atoms with Gasteiger partial charge in [0.2, 0.25) is 0 Å². The predicted octanol–water partition coefficient (Wildman–Crippen LogP) is 4.87. The molecule has 0 atom stereocenters. The highest BCUT2D eigenvalue weighted by Gasteiger charge is 2.12. The molecule has 1 aromatic heterocycles. The molecule has 0 radical (unpaired) electrons. The number of pyridine rings is 1. The van der Waals surface area contributed by atoms with E-state index in [-0.39, 0.29) is 0 Å². The number of rotatable bonds is 2. The number of benzene rings is 3. The first-order chi connectivity index (χ1) is 10.9. The fourth-order valence-electron chi connectivity index (χ4n) is 3.00. The molecule has 0 fully saturated rings. The summed E-state index contributed by atoms with van der Waals surface area (Å²) in [5.74, 6) is 0. The highest BCUT2D eigenvalue weighted by Crippen LogP contribution is 2.35. The number of hydrogen-bond donors (Lipinski definition) is 0. The van der Waals surface area contributed by atoms with Crippen molar-refractivity contribution in [3.8, 4) is 11.1 Å². The van der Waals surface area contributed by atoms with Crippen LogP contribution < -0.4 is 0 Å². The molecule has 1 heterocycles. The minimum absolute atomic E-state index is 0.692. The van der Waals surface area contributed by atoms with Crippen molar-refractivity contribution in [2.75, 3.05) is 0 Å². The lowest BCUT2D eigenvalue weighted by Gasteiger charge is -2.12. The predicted molar refractivity (Wildman–Crippen MR) is 90.1 cm³/mol. The van der Waals surface area contributed by atoms with E-state index in [2.05, 4.69) is 23.2 Å². The van der Waals surface area contributed by atoms with Crippen molar-refractivity contribution in [3.05, 3.63) is 78.6 Å². The molecule has 104 valence electrons. The lowest BCUT2D eigenvalue weighted by molar-refractivity contribution is 0.112. The second-order valence-corrected chi connectivity index (χ2v) is 5.28. The summed E-state index contributed by atoms with van der Waals surface area (Å²) in [4.78, 5) is 15.9. The van der Waals surface area contributed by atoms with Crippen molar-refractivity contribution in [1.82, 2.24) is 4.98 Å². The molecule has 0 N–H and O–H groups in total. The molecule has 0 aliphatic rings. The average Bonchev–Trinajstić information content (AvgIpc) is 2.60. The van der Waals surface area contributed by atoms with Crippen molar-refractivity contribution >= 4 is 27.8 Å². The molecule has 4 rings (SSSR count). The topological polar surface area (TPSA) is 30.0 Å². The van der Waals surface area contributed by atoms with Crippen LogP contribution in [0.1, 0.15) is 10.4 Å². The van der Waals surface area contributed by atoms with Crippen LogP contribution in [0.3, 0.4) is 0 Å². The number of aldehydes is 1. The van der Waals surface area contributed by atoms with Crippen LogP contribution in [0, 0.1) is 0 Å². The first-order valence-corrected chi connectivity index (χ1v) is 7.18. The Balaban J connectivity index is 2.18. The third kappa shape index (κ3) is 1.89. The highest BCUT2D eigenvalue weighted by atomic mass is 16.1. The Hall–Kier alpha value is -3.00. The average molecular weight is 283 g/mol. The van der Waals surface area contributed by atoms with Gasteiger partial charge in [-0.2, -0.15) is 0 Å². The van der Waals surface area contributed by atoms with Crippen molar-refractivity contribution in [2.45, 2.75) is 0 Å². The summed E-state index contributed by atoms with van der Waals surface area (Å²) in [6, 6.07) is 20.1. The fraction of sp³-hybridized carbons (Fsp3) is 0. The molecule has 4 aromatic rings. The van der Waals surface area contributed by atoms with E-state index in [4.69, 9.17) is 0 Å². The number of carbonyl (C=O) groups is 1. The summed E-state index contributed by atoms with van der Waals surface area (Å²) in [6.07, 6.45) is 4.62.